The van der Waals surface area contributed by atoms with Crippen LogP contribution in [0.25, 0.3) is 0 Å². The molecule has 0 unspecified atom stereocenters. The predicted octanol–water partition coefficient (Wildman–Crippen LogP) is 2.88. The van der Waals surface area contributed by atoms with Gasteiger partial charge in [-0.1, -0.05) is 30.3 Å². The summed E-state index contributed by atoms with van der Waals surface area (Å²) in [6.45, 7) is 0. The van der Waals surface area contributed by atoms with Crippen molar-refractivity contribution in [3.05, 3.63) is 35.9 Å². The lowest BCUT2D eigenvalue weighted by Crippen LogP contribution is -2.45. The molecule has 84 valence electrons. The fourth-order valence-corrected chi connectivity index (χ4v) is 1.05. The van der Waals surface area contributed by atoms with E-state index in [0.717, 1.165) is 12.1 Å². The van der Waals surface area contributed by atoms with Crippen LogP contribution in [0.3, 0.4) is 0 Å². The number of halogens is 5. The summed E-state index contributed by atoms with van der Waals surface area (Å²) < 4.78 is 61.3. The molecule has 0 aliphatic carbocycles. The first kappa shape index (κ1) is 11.9. The molecule has 0 aliphatic heterocycles. The molecule has 1 rings (SSSR count). The summed E-state index contributed by atoms with van der Waals surface area (Å²) in [5.74, 6) is -4.92. The van der Waals surface area contributed by atoms with Crippen LogP contribution in [0.15, 0.2) is 30.3 Å². The Labute approximate surface area is 82.7 Å². The highest BCUT2D eigenvalue weighted by Crippen LogP contribution is 2.43. The molecule has 0 aromatic heterocycles. The third kappa shape index (κ3) is 2.26. The zero-order valence-electron chi connectivity index (χ0n) is 7.43. The molecular formula is C9H8F5N. The van der Waals surface area contributed by atoms with Gasteiger partial charge in [0.2, 0.25) is 0 Å². The normalized spacial score (nSPS) is 15.1. The fourth-order valence-electron chi connectivity index (χ4n) is 1.05. The van der Waals surface area contributed by atoms with E-state index in [1.54, 1.807) is 0 Å². The SMILES string of the molecule is N[C@@H](c1ccccc1)C(F)(F)C(F)(F)F. The lowest BCUT2D eigenvalue weighted by Gasteiger charge is -2.25. The third-order valence-corrected chi connectivity index (χ3v) is 1.93. The van der Waals surface area contributed by atoms with Crippen LogP contribution >= 0.6 is 0 Å². The van der Waals surface area contributed by atoms with Crippen LogP contribution in [0.4, 0.5) is 22.0 Å². The lowest BCUT2D eigenvalue weighted by molar-refractivity contribution is -0.291. The van der Waals surface area contributed by atoms with E-state index in [1.807, 2.05) is 0 Å². The molecule has 2 N–H and O–H groups in total. The summed E-state index contributed by atoms with van der Waals surface area (Å²) in [5.41, 5.74) is 4.64. The average molecular weight is 225 g/mol. The predicted molar refractivity (Wildman–Crippen MR) is 44.4 cm³/mol. The van der Waals surface area contributed by atoms with E-state index in [1.165, 1.54) is 18.2 Å². The van der Waals surface area contributed by atoms with Crippen molar-refractivity contribution in [2.45, 2.75) is 18.1 Å². The average Bonchev–Trinajstić information content (AvgIpc) is 2.16. The Morgan fingerprint density at radius 1 is 0.933 bits per heavy atom. The quantitative estimate of drug-likeness (QED) is 0.769. The summed E-state index contributed by atoms with van der Waals surface area (Å²) in [7, 11) is 0. The number of alkyl halides is 5. The van der Waals surface area contributed by atoms with Crippen LogP contribution in [-0.4, -0.2) is 12.1 Å². The number of hydrogen-bond donors (Lipinski definition) is 1. The molecule has 0 fully saturated rings. The molecule has 0 heterocycles. The van der Waals surface area contributed by atoms with E-state index in [4.69, 9.17) is 5.73 Å². The summed E-state index contributed by atoms with van der Waals surface area (Å²) in [4.78, 5) is 0. The van der Waals surface area contributed by atoms with E-state index >= 15 is 0 Å². The van der Waals surface area contributed by atoms with Crippen LogP contribution in [-0.2, 0) is 0 Å². The summed E-state index contributed by atoms with van der Waals surface area (Å²) in [5, 5.41) is 0. The molecule has 1 aromatic carbocycles. The first-order valence-electron chi connectivity index (χ1n) is 4.02. The van der Waals surface area contributed by atoms with Gasteiger partial charge in [-0.2, -0.15) is 22.0 Å². The maximum Gasteiger partial charge on any atom is 0.455 e. The largest absolute Gasteiger partial charge is 0.455 e. The van der Waals surface area contributed by atoms with Crippen molar-refractivity contribution < 1.29 is 22.0 Å². The molecule has 0 saturated carbocycles. The molecule has 15 heavy (non-hydrogen) atoms. The Kier molecular flexibility index (Phi) is 2.99. The van der Waals surface area contributed by atoms with Gasteiger partial charge < -0.3 is 5.73 Å². The van der Waals surface area contributed by atoms with Crippen LogP contribution in [0.1, 0.15) is 11.6 Å². The van der Waals surface area contributed by atoms with Gasteiger partial charge >= 0.3 is 12.1 Å². The minimum absolute atomic E-state index is 0.250. The van der Waals surface area contributed by atoms with Gasteiger partial charge in [0.1, 0.15) is 6.04 Å². The molecular weight excluding hydrogens is 217 g/mol. The molecule has 6 heteroatoms. The van der Waals surface area contributed by atoms with Gasteiger partial charge in [0.15, 0.2) is 0 Å². The first-order valence-corrected chi connectivity index (χ1v) is 4.02. The van der Waals surface area contributed by atoms with Gasteiger partial charge in [-0.25, -0.2) is 0 Å². The number of nitrogens with two attached hydrogens (primary N) is 1. The maximum absolute atomic E-state index is 12.8. The Morgan fingerprint density at radius 2 is 1.40 bits per heavy atom. The Bertz CT molecular complexity index is 319. The number of benzene rings is 1. The fraction of sp³-hybridized carbons (Fsp3) is 0.333. The second-order valence-corrected chi connectivity index (χ2v) is 3.01. The zero-order valence-corrected chi connectivity index (χ0v) is 7.43. The molecule has 0 spiro atoms. The summed E-state index contributed by atoms with van der Waals surface area (Å²) in [6, 6.07) is 4.08. The van der Waals surface area contributed by atoms with Gasteiger partial charge in [0.05, 0.1) is 0 Å². The van der Waals surface area contributed by atoms with Crippen LogP contribution in [0, 0.1) is 0 Å². The van der Waals surface area contributed by atoms with Crippen molar-refractivity contribution in [1.82, 2.24) is 0 Å². The second kappa shape index (κ2) is 3.77. The molecule has 1 nitrogen and oxygen atoms in total. The molecule has 0 saturated heterocycles. The minimum atomic E-state index is -5.64. The van der Waals surface area contributed by atoms with Crippen molar-refractivity contribution in [3.8, 4) is 0 Å². The van der Waals surface area contributed by atoms with E-state index in [0.29, 0.717) is 0 Å². The van der Waals surface area contributed by atoms with Gasteiger partial charge in [-0.3, -0.25) is 0 Å². The van der Waals surface area contributed by atoms with Gasteiger partial charge in [-0.05, 0) is 5.56 Å². The molecule has 1 atom stereocenters. The second-order valence-electron chi connectivity index (χ2n) is 3.01. The minimum Gasteiger partial charge on any atom is -0.319 e. The molecule has 0 radical (unpaired) electrons. The number of hydrogen-bond acceptors (Lipinski definition) is 1. The van der Waals surface area contributed by atoms with Crippen LogP contribution < -0.4 is 5.73 Å². The highest BCUT2D eigenvalue weighted by atomic mass is 19.4. The van der Waals surface area contributed by atoms with Gasteiger partial charge in [0, 0.05) is 0 Å². The van der Waals surface area contributed by atoms with Crippen molar-refractivity contribution in [1.29, 1.82) is 0 Å². The van der Waals surface area contributed by atoms with Crippen LogP contribution in [0.5, 0.6) is 0 Å². The van der Waals surface area contributed by atoms with E-state index in [2.05, 4.69) is 0 Å². The standard InChI is InChI=1S/C9H8F5N/c10-8(11,9(12,13)14)7(15)6-4-2-1-3-5-6/h1-5,7H,15H2/t7-/m0/s1. The first-order chi connectivity index (χ1) is 6.77. The van der Waals surface area contributed by atoms with Crippen molar-refractivity contribution in [3.63, 3.8) is 0 Å². The highest BCUT2D eigenvalue weighted by Gasteiger charge is 2.61. The monoisotopic (exact) mass is 225 g/mol. The van der Waals surface area contributed by atoms with E-state index < -0.39 is 18.1 Å². The molecule has 0 aliphatic rings. The summed E-state index contributed by atoms with van der Waals surface area (Å²) in [6.07, 6.45) is -5.64. The summed E-state index contributed by atoms with van der Waals surface area (Å²) >= 11 is 0. The Morgan fingerprint density at radius 3 is 1.80 bits per heavy atom. The van der Waals surface area contributed by atoms with Crippen molar-refractivity contribution >= 4 is 0 Å². The van der Waals surface area contributed by atoms with Crippen molar-refractivity contribution in [2.75, 3.05) is 0 Å². The molecule has 0 bridgehead atoms. The lowest BCUT2D eigenvalue weighted by atomic mass is 10.0. The molecule has 1 aromatic rings. The Balaban J connectivity index is 3.00. The Hall–Kier alpha value is -1.17. The topological polar surface area (TPSA) is 26.0 Å². The third-order valence-electron chi connectivity index (χ3n) is 1.93. The van der Waals surface area contributed by atoms with Crippen LogP contribution in [0.2, 0.25) is 0 Å². The van der Waals surface area contributed by atoms with Gasteiger partial charge in [0.25, 0.3) is 0 Å². The molecule has 0 amide bonds. The number of rotatable bonds is 2. The smallest absolute Gasteiger partial charge is 0.319 e. The van der Waals surface area contributed by atoms with E-state index in [-0.39, 0.29) is 5.56 Å². The van der Waals surface area contributed by atoms with E-state index in [9.17, 15) is 22.0 Å². The van der Waals surface area contributed by atoms with Crippen molar-refractivity contribution in [2.24, 2.45) is 5.73 Å². The van der Waals surface area contributed by atoms with Gasteiger partial charge in [-0.15, -0.1) is 0 Å². The maximum atomic E-state index is 12.8. The zero-order chi connectivity index (χ0) is 11.7. The highest BCUT2D eigenvalue weighted by molar-refractivity contribution is 5.21.